The van der Waals surface area contributed by atoms with E-state index in [1.807, 2.05) is 17.4 Å². The van der Waals surface area contributed by atoms with Crippen LogP contribution in [0.25, 0.3) is 47.6 Å². The quantitative estimate of drug-likeness (QED) is 0.181. The molecule has 0 saturated carbocycles. The van der Waals surface area contributed by atoms with E-state index < -0.39 is 0 Å². The summed E-state index contributed by atoms with van der Waals surface area (Å²) >= 11 is 1.92. The molecule has 0 fully saturated rings. The molecule has 1 aliphatic carbocycles. The van der Waals surface area contributed by atoms with E-state index in [9.17, 15) is 0 Å². The van der Waals surface area contributed by atoms with Crippen molar-refractivity contribution >= 4 is 64.9 Å². The van der Waals surface area contributed by atoms with Gasteiger partial charge in [-0.25, -0.2) is 0 Å². The van der Waals surface area contributed by atoms with Gasteiger partial charge in [-0.2, -0.15) is 0 Å². The number of nitrogens with zero attached hydrogens (tertiary/aromatic N) is 1. The van der Waals surface area contributed by atoms with Gasteiger partial charge in [-0.15, -0.1) is 11.3 Å². The molecule has 0 saturated heterocycles. The summed E-state index contributed by atoms with van der Waals surface area (Å²) in [5, 5.41) is 5.13. The molecule has 0 spiro atoms. The number of fused-ring (bicyclic) bond motifs is 6. The number of anilines is 3. The fraction of sp³-hybridized carbons (Fsp3) is 0.0909. The number of para-hydroxylation sites is 1. The van der Waals surface area contributed by atoms with Crippen molar-refractivity contribution in [1.82, 2.24) is 0 Å². The van der Waals surface area contributed by atoms with Gasteiger partial charge < -0.3 is 4.90 Å². The molecule has 1 aliphatic rings. The number of benzene rings is 6. The average molecular weight is 610 g/mol. The normalized spacial score (nSPS) is 14.1. The molecular weight excluding hydrogens is 575 g/mol. The van der Waals surface area contributed by atoms with Gasteiger partial charge in [0.15, 0.2) is 0 Å². The molecule has 222 valence electrons. The molecule has 0 aliphatic heterocycles. The minimum absolute atomic E-state index is 0.121. The van der Waals surface area contributed by atoms with E-state index in [-0.39, 0.29) is 5.41 Å². The van der Waals surface area contributed by atoms with Gasteiger partial charge in [0.25, 0.3) is 0 Å². The topological polar surface area (TPSA) is 3.24 Å². The summed E-state index contributed by atoms with van der Waals surface area (Å²) in [6.07, 6.45) is 6.45. The SMILES string of the molecule is C=CC1=C(/C=C\C)C(C)(C)c2c1ccc1c2sc2c(N(c3ccccc3)c3ccc(-c4ccc5ccccc5c4)cc3)cccc21. The van der Waals surface area contributed by atoms with Gasteiger partial charge in [-0.05, 0) is 87.5 Å². The number of hydrogen-bond donors (Lipinski definition) is 0. The highest BCUT2D eigenvalue weighted by atomic mass is 32.1. The van der Waals surface area contributed by atoms with Crippen LogP contribution < -0.4 is 4.90 Å². The van der Waals surface area contributed by atoms with Crippen LogP contribution in [-0.2, 0) is 5.41 Å². The Hall–Kier alpha value is -5.18. The van der Waals surface area contributed by atoms with Crippen molar-refractivity contribution in [3.63, 3.8) is 0 Å². The Balaban J connectivity index is 1.30. The molecule has 1 heterocycles. The summed E-state index contributed by atoms with van der Waals surface area (Å²) in [5.74, 6) is 0. The standard InChI is InChI=1S/C44H35NS/c1-5-13-39-35(6-2)36-26-27-38-37-18-12-19-40(42(37)46-43(38)41(36)44(39,3)4)45(33-16-8-7-9-17-33)34-24-22-30(23-25-34)32-21-20-29-14-10-11-15-31(29)28-32/h5-28H,2H2,1,3-4H3/b13-5-. The highest BCUT2D eigenvalue weighted by Crippen LogP contribution is 2.54. The molecule has 0 atom stereocenters. The molecule has 0 unspecified atom stereocenters. The Bertz CT molecular complexity index is 2350. The van der Waals surface area contributed by atoms with Gasteiger partial charge in [0, 0.05) is 32.3 Å². The second-order valence-corrected chi connectivity index (χ2v) is 13.6. The molecule has 6 aromatic carbocycles. The first-order valence-electron chi connectivity index (χ1n) is 15.9. The first-order valence-corrected chi connectivity index (χ1v) is 16.7. The molecule has 7 aromatic rings. The van der Waals surface area contributed by atoms with Crippen LogP contribution >= 0.6 is 11.3 Å². The first kappa shape index (κ1) is 28.3. The molecule has 2 heteroatoms. The third kappa shape index (κ3) is 4.36. The maximum absolute atomic E-state index is 4.21. The summed E-state index contributed by atoms with van der Waals surface area (Å²) in [7, 11) is 0. The van der Waals surface area contributed by atoms with Crippen LogP contribution in [0.15, 0.2) is 158 Å². The average Bonchev–Trinajstić information content (AvgIpc) is 3.58. The summed E-state index contributed by atoms with van der Waals surface area (Å²) in [6.45, 7) is 11.0. The Kier molecular flexibility index (Phi) is 6.78. The van der Waals surface area contributed by atoms with E-state index in [1.165, 1.54) is 70.0 Å². The van der Waals surface area contributed by atoms with E-state index in [2.05, 4.69) is 172 Å². The zero-order chi connectivity index (χ0) is 31.4. The van der Waals surface area contributed by atoms with Crippen LogP contribution in [0.2, 0.25) is 0 Å². The predicted octanol–water partition coefficient (Wildman–Crippen LogP) is 13.2. The third-order valence-electron chi connectivity index (χ3n) is 9.53. The van der Waals surface area contributed by atoms with Crippen molar-refractivity contribution in [3.05, 3.63) is 169 Å². The highest BCUT2D eigenvalue weighted by Gasteiger charge is 2.38. The van der Waals surface area contributed by atoms with Crippen molar-refractivity contribution in [3.8, 4) is 11.1 Å². The summed E-state index contributed by atoms with van der Waals surface area (Å²) in [5.41, 5.74) is 11.1. The second kappa shape index (κ2) is 11.0. The first-order chi connectivity index (χ1) is 22.5. The molecule has 1 aromatic heterocycles. The molecule has 0 bridgehead atoms. The predicted molar refractivity (Wildman–Crippen MR) is 202 cm³/mol. The fourth-order valence-electron chi connectivity index (χ4n) is 7.35. The van der Waals surface area contributed by atoms with Crippen LogP contribution in [-0.4, -0.2) is 0 Å². The van der Waals surface area contributed by atoms with Crippen LogP contribution in [0, 0.1) is 0 Å². The molecule has 1 nitrogen and oxygen atoms in total. The van der Waals surface area contributed by atoms with Gasteiger partial charge in [0.1, 0.15) is 0 Å². The minimum atomic E-state index is -0.121. The molecule has 0 N–H and O–H groups in total. The van der Waals surface area contributed by atoms with Crippen molar-refractivity contribution in [2.75, 3.05) is 4.90 Å². The molecule has 0 radical (unpaired) electrons. The fourth-order valence-corrected chi connectivity index (χ4v) is 8.86. The van der Waals surface area contributed by atoms with Crippen molar-refractivity contribution in [1.29, 1.82) is 0 Å². The van der Waals surface area contributed by atoms with Crippen LogP contribution in [0.3, 0.4) is 0 Å². The summed E-state index contributed by atoms with van der Waals surface area (Å²) < 4.78 is 2.66. The van der Waals surface area contributed by atoms with Crippen LogP contribution in [0.4, 0.5) is 17.1 Å². The lowest BCUT2D eigenvalue weighted by atomic mass is 9.80. The van der Waals surface area contributed by atoms with E-state index in [4.69, 9.17) is 0 Å². The van der Waals surface area contributed by atoms with Crippen molar-refractivity contribution in [2.24, 2.45) is 0 Å². The lowest BCUT2D eigenvalue weighted by molar-refractivity contribution is 0.661. The maximum atomic E-state index is 4.21. The number of hydrogen-bond acceptors (Lipinski definition) is 2. The van der Waals surface area contributed by atoms with Crippen molar-refractivity contribution in [2.45, 2.75) is 26.2 Å². The Morgan fingerprint density at radius 2 is 1.35 bits per heavy atom. The summed E-state index contributed by atoms with van der Waals surface area (Å²) in [4.78, 5) is 2.41. The summed E-state index contributed by atoms with van der Waals surface area (Å²) in [6, 6.07) is 46.4. The van der Waals surface area contributed by atoms with Gasteiger partial charge in [0.05, 0.1) is 10.4 Å². The Morgan fingerprint density at radius 3 is 2.11 bits per heavy atom. The van der Waals surface area contributed by atoms with E-state index in [1.54, 1.807) is 0 Å². The van der Waals surface area contributed by atoms with Gasteiger partial charge in [0.2, 0.25) is 0 Å². The lowest BCUT2D eigenvalue weighted by Gasteiger charge is -2.26. The number of rotatable bonds is 6. The second-order valence-electron chi connectivity index (χ2n) is 12.6. The Morgan fingerprint density at radius 1 is 0.652 bits per heavy atom. The molecule has 8 rings (SSSR count). The minimum Gasteiger partial charge on any atom is -0.309 e. The highest BCUT2D eigenvalue weighted by molar-refractivity contribution is 7.26. The third-order valence-corrected chi connectivity index (χ3v) is 10.8. The smallest absolute Gasteiger partial charge is 0.0640 e. The van der Waals surface area contributed by atoms with Crippen LogP contribution in [0.1, 0.15) is 31.9 Å². The molecule has 0 amide bonds. The number of allylic oxidation sites excluding steroid dienone is 5. The van der Waals surface area contributed by atoms with Gasteiger partial charge in [-0.1, -0.05) is 130 Å². The van der Waals surface area contributed by atoms with Crippen LogP contribution in [0.5, 0.6) is 0 Å². The zero-order valence-corrected chi connectivity index (χ0v) is 27.2. The van der Waals surface area contributed by atoms with Gasteiger partial charge in [-0.3, -0.25) is 0 Å². The van der Waals surface area contributed by atoms with E-state index >= 15 is 0 Å². The van der Waals surface area contributed by atoms with E-state index in [0.717, 1.165) is 11.4 Å². The molecule has 46 heavy (non-hydrogen) atoms. The molecular formula is C44H35NS. The van der Waals surface area contributed by atoms with Crippen molar-refractivity contribution < 1.29 is 0 Å². The maximum Gasteiger partial charge on any atom is 0.0640 e. The van der Waals surface area contributed by atoms with Gasteiger partial charge >= 0.3 is 0 Å². The lowest BCUT2D eigenvalue weighted by Crippen LogP contribution is -2.16. The Labute approximate surface area is 275 Å². The zero-order valence-electron chi connectivity index (χ0n) is 26.4. The monoisotopic (exact) mass is 609 g/mol. The largest absolute Gasteiger partial charge is 0.309 e. The number of thiophene rings is 1. The van der Waals surface area contributed by atoms with E-state index in [0.29, 0.717) is 0 Å².